The molecule has 2 nitrogen and oxygen atoms in total. The third kappa shape index (κ3) is 12.9. The minimum Gasteiger partial charge on any atom is -0.343 e. The Morgan fingerprint density at radius 2 is 1.29 bits per heavy atom. The molecule has 0 atom stereocenters. The number of amides is 1. The number of hydrogen-bond donors (Lipinski definition) is 0. The average Bonchev–Trinajstić information content (AvgIpc) is 2.49. The lowest BCUT2D eigenvalue weighted by Gasteiger charge is -2.22. The van der Waals surface area contributed by atoms with E-state index in [0.717, 1.165) is 38.8 Å². The molecule has 2 heteroatoms. The van der Waals surface area contributed by atoms with E-state index in [-0.39, 0.29) is 0 Å². The van der Waals surface area contributed by atoms with Crippen molar-refractivity contribution in [3.05, 3.63) is 6.92 Å². The van der Waals surface area contributed by atoms with Gasteiger partial charge in [-0.05, 0) is 19.3 Å². The first-order valence-corrected chi connectivity index (χ1v) is 9.33. The predicted molar refractivity (Wildman–Crippen MR) is 93.3 cm³/mol. The number of carbonyl (C=O) groups is 1. The molecule has 0 aromatic heterocycles. The first-order chi connectivity index (χ1) is 10.3. The second kappa shape index (κ2) is 15.9. The maximum absolute atomic E-state index is 12.2. The van der Waals surface area contributed by atoms with Crippen molar-refractivity contribution in [2.45, 2.75) is 97.3 Å². The molecule has 1 amide bonds. The Labute approximate surface area is 133 Å². The molecule has 0 bridgehead atoms. The van der Waals surface area contributed by atoms with Crippen molar-refractivity contribution in [2.24, 2.45) is 0 Å². The van der Waals surface area contributed by atoms with Gasteiger partial charge in [0.15, 0.2) is 0 Å². The molecule has 21 heavy (non-hydrogen) atoms. The van der Waals surface area contributed by atoms with Crippen LogP contribution < -0.4 is 0 Å². The normalized spacial score (nSPS) is 10.8. The highest BCUT2D eigenvalue weighted by molar-refractivity contribution is 5.76. The van der Waals surface area contributed by atoms with E-state index < -0.39 is 0 Å². The van der Waals surface area contributed by atoms with E-state index in [9.17, 15) is 4.79 Å². The lowest BCUT2D eigenvalue weighted by Crippen LogP contribution is -2.32. The number of rotatable bonds is 15. The fourth-order valence-electron chi connectivity index (χ4n) is 2.67. The fourth-order valence-corrected chi connectivity index (χ4v) is 2.67. The van der Waals surface area contributed by atoms with Gasteiger partial charge in [0.25, 0.3) is 0 Å². The van der Waals surface area contributed by atoms with Crippen molar-refractivity contribution in [1.29, 1.82) is 0 Å². The van der Waals surface area contributed by atoms with Crippen LogP contribution in [-0.2, 0) is 4.79 Å². The molecule has 0 fully saturated rings. The van der Waals surface area contributed by atoms with Gasteiger partial charge >= 0.3 is 0 Å². The molecular formula is C19H38NO. The summed E-state index contributed by atoms with van der Waals surface area (Å²) in [7, 11) is 0. The number of unbranched alkanes of at least 4 members (excludes halogenated alkanes) is 9. The number of carbonyl (C=O) groups excluding carboxylic acids is 1. The second-order valence-electron chi connectivity index (χ2n) is 6.17. The lowest BCUT2D eigenvalue weighted by molar-refractivity contribution is -0.131. The molecule has 0 aromatic rings. The van der Waals surface area contributed by atoms with Crippen molar-refractivity contribution in [2.75, 3.05) is 13.1 Å². The highest BCUT2D eigenvalue weighted by Crippen LogP contribution is 2.10. The SMILES string of the molecule is [CH2]CCN(CCCCCC)C(=O)CCCCCCCCC. The quantitative estimate of drug-likeness (QED) is 0.352. The first kappa shape index (κ1) is 20.5. The summed E-state index contributed by atoms with van der Waals surface area (Å²) in [5.74, 6) is 0.351. The molecule has 0 aliphatic heterocycles. The standard InChI is InChI=1S/C19H38NO/c1-4-7-9-11-12-13-14-16-19(21)20(17-6-3)18-15-10-8-5-2/h3-18H2,1-2H3. The van der Waals surface area contributed by atoms with Crippen LogP contribution >= 0.6 is 0 Å². The summed E-state index contributed by atoms with van der Waals surface area (Å²) in [5, 5.41) is 0. The smallest absolute Gasteiger partial charge is 0.222 e. The molecule has 1 radical (unpaired) electrons. The van der Waals surface area contributed by atoms with E-state index in [1.54, 1.807) is 0 Å². The second-order valence-corrected chi connectivity index (χ2v) is 6.17. The summed E-state index contributed by atoms with van der Waals surface area (Å²) in [4.78, 5) is 14.3. The summed E-state index contributed by atoms with van der Waals surface area (Å²) >= 11 is 0. The molecular weight excluding hydrogens is 258 g/mol. The van der Waals surface area contributed by atoms with Gasteiger partial charge in [0.2, 0.25) is 5.91 Å². The molecule has 0 aromatic carbocycles. The van der Waals surface area contributed by atoms with Crippen molar-refractivity contribution in [1.82, 2.24) is 4.90 Å². The molecule has 0 unspecified atom stereocenters. The third-order valence-electron chi connectivity index (χ3n) is 4.06. The van der Waals surface area contributed by atoms with Gasteiger partial charge in [-0.2, -0.15) is 0 Å². The number of nitrogens with zero attached hydrogens (tertiary/aromatic N) is 1. The van der Waals surface area contributed by atoms with Crippen LogP contribution in [0.5, 0.6) is 0 Å². The molecule has 0 heterocycles. The van der Waals surface area contributed by atoms with Crippen LogP contribution in [0.15, 0.2) is 0 Å². The summed E-state index contributed by atoms with van der Waals surface area (Å²) in [6.07, 6.45) is 15.4. The Kier molecular flexibility index (Phi) is 15.5. The molecule has 125 valence electrons. The van der Waals surface area contributed by atoms with Crippen molar-refractivity contribution < 1.29 is 4.79 Å². The molecule has 0 saturated carbocycles. The Balaban J connectivity index is 3.69. The highest BCUT2D eigenvalue weighted by Gasteiger charge is 2.11. The van der Waals surface area contributed by atoms with Crippen LogP contribution in [0.25, 0.3) is 0 Å². The van der Waals surface area contributed by atoms with Crippen molar-refractivity contribution in [3.63, 3.8) is 0 Å². The van der Waals surface area contributed by atoms with Crippen LogP contribution in [0.1, 0.15) is 97.3 Å². The largest absolute Gasteiger partial charge is 0.343 e. The van der Waals surface area contributed by atoms with Gasteiger partial charge in [-0.25, -0.2) is 0 Å². The third-order valence-corrected chi connectivity index (χ3v) is 4.06. The maximum Gasteiger partial charge on any atom is 0.222 e. The molecule has 0 spiro atoms. The van der Waals surface area contributed by atoms with Crippen LogP contribution in [0.2, 0.25) is 0 Å². The Morgan fingerprint density at radius 1 is 0.762 bits per heavy atom. The van der Waals surface area contributed by atoms with E-state index in [2.05, 4.69) is 20.8 Å². The van der Waals surface area contributed by atoms with E-state index in [0.29, 0.717) is 5.91 Å². The van der Waals surface area contributed by atoms with E-state index in [1.807, 2.05) is 4.90 Å². The monoisotopic (exact) mass is 296 g/mol. The zero-order valence-electron chi connectivity index (χ0n) is 14.7. The zero-order valence-corrected chi connectivity index (χ0v) is 14.7. The van der Waals surface area contributed by atoms with Crippen LogP contribution in [0, 0.1) is 6.92 Å². The fraction of sp³-hybridized carbons (Fsp3) is 0.895. The first-order valence-electron chi connectivity index (χ1n) is 9.33. The van der Waals surface area contributed by atoms with E-state index >= 15 is 0 Å². The summed E-state index contributed by atoms with van der Waals surface area (Å²) in [6, 6.07) is 0. The van der Waals surface area contributed by atoms with Crippen molar-refractivity contribution >= 4 is 5.91 Å². The molecule has 0 aliphatic rings. The van der Waals surface area contributed by atoms with Crippen LogP contribution in [-0.4, -0.2) is 23.9 Å². The van der Waals surface area contributed by atoms with E-state index in [4.69, 9.17) is 0 Å². The lowest BCUT2D eigenvalue weighted by atomic mass is 10.1. The highest BCUT2D eigenvalue weighted by atomic mass is 16.2. The van der Waals surface area contributed by atoms with Crippen molar-refractivity contribution in [3.8, 4) is 0 Å². The van der Waals surface area contributed by atoms with Gasteiger partial charge in [-0.15, -0.1) is 0 Å². The maximum atomic E-state index is 12.2. The zero-order chi connectivity index (χ0) is 15.8. The van der Waals surface area contributed by atoms with Gasteiger partial charge in [-0.3, -0.25) is 4.79 Å². The van der Waals surface area contributed by atoms with Gasteiger partial charge in [0, 0.05) is 19.5 Å². The summed E-state index contributed by atoms with van der Waals surface area (Å²) in [6.45, 7) is 10.1. The predicted octanol–water partition coefficient (Wildman–Crippen LogP) is 5.76. The minimum absolute atomic E-state index is 0.351. The Hall–Kier alpha value is -0.530. The molecule has 0 saturated heterocycles. The van der Waals surface area contributed by atoms with Gasteiger partial charge in [0.05, 0.1) is 0 Å². The van der Waals surface area contributed by atoms with Gasteiger partial charge in [0.1, 0.15) is 0 Å². The molecule has 0 N–H and O–H groups in total. The average molecular weight is 297 g/mol. The van der Waals surface area contributed by atoms with Gasteiger partial charge < -0.3 is 4.90 Å². The van der Waals surface area contributed by atoms with E-state index in [1.165, 1.54) is 57.8 Å². The van der Waals surface area contributed by atoms with Gasteiger partial charge in [-0.1, -0.05) is 78.6 Å². The van der Waals surface area contributed by atoms with Crippen LogP contribution in [0.3, 0.4) is 0 Å². The topological polar surface area (TPSA) is 20.3 Å². The molecule has 0 rings (SSSR count). The summed E-state index contributed by atoms with van der Waals surface area (Å²) in [5.41, 5.74) is 0. The summed E-state index contributed by atoms with van der Waals surface area (Å²) < 4.78 is 0. The molecule has 0 aliphatic carbocycles. The van der Waals surface area contributed by atoms with Crippen LogP contribution in [0.4, 0.5) is 0 Å². The minimum atomic E-state index is 0.351. The number of hydrogen-bond acceptors (Lipinski definition) is 1. The Bertz CT molecular complexity index is 228. The Morgan fingerprint density at radius 3 is 1.86 bits per heavy atom.